The second-order valence-corrected chi connectivity index (χ2v) is 10.3. The van der Waals surface area contributed by atoms with E-state index >= 15 is 0 Å². The van der Waals surface area contributed by atoms with Gasteiger partial charge in [0, 0.05) is 0 Å². The Hall–Kier alpha value is -2.88. The lowest BCUT2D eigenvalue weighted by Gasteiger charge is -2.09. The van der Waals surface area contributed by atoms with E-state index in [9.17, 15) is 13.2 Å². The van der Waals surface area contributed by atoms with Crippen molar-refractivity contribution in [2.45, 2.75) is 11.8 Å². The van der Waals surface area contributed by atoms with Crippen LogP contribution in [0.2, 0.25) is 0 Å². The Morgan fingerprint density at radius 3 is 2.44 bits per heavy atom. The highest BCUT2D eigenvalue weighted by atomic mass is 79.9. The van der Waals surface area contributed by atoms with Gasteiger partial charge in [-0.3, -0.25) is 4.79 Å². The lowest BCUT2D eigenvalue weighted by Crippen LogP contribution is -2.19. The maximum atomic E-state index is 12.5. The summed E-state index contributed by atoms with van der Waals surface area (Å²) in [7, 11) is -3.96. The van der Waals surface area contributed by atoms with Crippen LogP contribution in [0.4, 0.5) is 5.69 Å². The summed E-state index contributed by atoms with van der Waals surface area (Å²) in [6, 6.07) is 20.7. The summed E-state index contributed by atoms with van der Waals surface area (Å²) in [6.07, 6.45) is 1.70. The molecule has 6 nitrogen and oxygen atoms in total. The molecular formula is C23H17BrN2O4S2. The predicted octanol–water partition coefficient (Wildman–Crippen LogP) is 5.42. The third-order valence-electron chi connectivity index (χ3n) is 4.40. The van der Waals surface area contributed by atoms with Gasteiger partial charge in [0.15, 0.2) is 10.9 Å². The Morgan fingerprint density at radius 1 is 1.03 bits per heavy atom. The molecule has 1 fully saturated rings. The first-order chi connectivity index (χ1) is 15.3. The number of carbonyl (C=O) groups is 1. The van der Waals surface area contributed by atoms with E-state index in [0.717, 1.165) is 11.3 Å². The van der Waals surface area contributed by atoms with E-state index in [2.05, 4.69) is 26.2 Å². The number of para-hydroxylation sites is 1. The average molecular weight is 529 g/mol. The van der Waals surface area contributed by atoms with Crippen molar-refractivity contribution in [3.8, 4) is 5.75 Å². The van der Waals surface area contributed by atoms with E-state index in [-0.39, 0.29) is 16.6 Å². The highest BCUT2D eigenvalue weighted by Gasteiger charge is 2.24. The zero-order valence-corrected chi connectivity index (χ0v) is 20.0. The number of amides is 1. The van der Waals surface area contributed by atoms with Crippen molar-refractivity contribution in [3.63, 3.8) is 0 Å². The number of benzene rings is 3. The lowest BCUT2D eigenvalue weighted by molar-refractivity contribution is -0.115. The summed E-state index contributed by atoms with van der Waals surface area (Å²) in [5.74, 6) is -0.0920. The summed E-state index contributed by atoms with van der Waals surface area (Å²) >= 11 is 4.59. The predicted molar refractivity (Wildman–Crippen MR) is 130 cm³/mol. The van der Waals surface area contributed by atoms with Crippen molar-refractivity contribution in [2.24, 2.45) is 4.99 Å². The number of nitrogens with one attached hydrogen (secondary N) is 1. The van der Waals surface area contributed by atoms with Gasteiger partial charge in [0.25, 0.3) is 5.91 Å². The highest BCUT2D eigenvalue weighted by molar-refractivity contribution is 9.10. The molecule has 0 spiro atoms. The molecule has 0 saturated carbocycles. The molecule has 3 aromatic carbocycles. The quantitative estimate of drug-likeness (QED) is 0.353. The van der Waals surface area contributed by atoms with Crippen molar-refractivity contribution in [1.82, 2.24) is 5.32 Å². The largest absolute Gasteiger partial charge is 0.378 e. The van der Waals surface area contributed by atoms with Crippen LogP contribution in [0.25, 0.3) is 6.08 Å². The number of halogens is 1. The van der Waals surface area contributed by atoms with Crippen molar-refractivity contribution in [2.75, 3.05) is 0 Å². The molecule has 0 bridgehead atoms. The zero-order chi connectivity index (χ0) is 22.7. The molecule has 9 heteroatoms. The average Bonchev–Trinajstić information content (AvgIpc) is 3.09. The molecule has 1 amide bonds. The molecule has 1 aliphatic rings. The Kier molecular flexibility index (Phi) is 6.50. The van der Waals surface area contributed by atoms with Gasteiger partial charge in [0.05, 0.1) is 15.1 Å². The maximum absolute atomic E-state index is 12.5. The van der Waals surface area contributed by atoms with E-state index in [1.165, 1.54) is 23.9 Å². The summed E-state index contributed by atoms with van der Waals surface area (Å²) in [5.41, 5.74) is 2.40. The molecule has 1 heterocycles. The number of rotatable bonds is 5. The number of carbonyl (C=O) groups excluding carboxylic acids is 1. The summed E-state index contributed by atoms with van der Waals surface area (Å²) < 4.78 is 30.8. The van der Waals surface area contributed by atoms with Crippen LogP contribution in [-0.4, -0.2) is 19.5 Å². The fourth-order valence-electron chi connectivity index (χ4n) is 2.80. The molecule has 0 aliphatic carbocycles. The molecule has 0 atom stereocenters. The standard InChI is InChI=1S/C23H17BrN2O4S2/c1-15-7-10-18(11-8-15)32(28,29)30-20-12-9-16(13-19(20)24)14-21-22(27)26-23(31-21)25-17-5-3-2-4-6-17/h2-14H,1H3,(H,25,26,27)/b21-14-. The minimum atomic E-state index is -3.96. The second-order valence-electron chi connectivity index (χ2n) is 6.86. The van der Waals surface area contributed by atoms with E-state index in [1.54, 1.807) is 36.4 Å². The Bertz CT molecular complexity index is 1340. The van der Waals surface area contributed by atoms with Crippen molar-refractivity contribution < 1.29 is 17.4 Å². The highest BCUT2D eigenvalue weighted by Crippen LogP contribution is 2.32. The van der Waals surface area contributed by atoms with Crippen molar-refractivity contribution in [3.05, 3.63) is 93.3 Å². The Balaban J connectivity index is 1.52. The van der Waals surface area contributed by atoms with Crippen LogP contribution in [0.5, 0.6) is 5.75 Å². The van der Waals surface area contributed by atoms with Crippen LogP contribution in [0.3, 0.4) is 0 Å². The van der Waals surface area contributed by atoms with Gasteiger partial charge in [0.2, 0.25) is 0 Å². The number of thioether (sulfide) groups is 1. The first kappa shape index (κ1) is 22.3. The molecule has 0 aromatic heterocycles. The first-order valence-corrected chi connectivity index (χ1v) is 12.5. The number of aliphatic imine (C=N–C) groups is 1. The van der Waals surface area contributed by atoms with Crippen LogP contribution >= 0.6 is 27.7 Å². The fourth-order valence-corrected chi connectivity index (χ4v) is 5.17. The van der Waals surface area contributed by atoms with Gasteiger partial charge < -0.3 is 9.50 Å². The third-order valence-corrected chi connectivity index (χ3v) is 7.18. The fraction of sp³-hybridized carbons (Fsp3) is 0.0435. The van der Waals surface area contributed by atoms with Crippen LogP contribution in [0, 0.1) is 6.92 Å². The third kappa shape index (κ3) is 5.29. The normalized spacial score (nSPS) is 16.4. The van der Waals surface area contributed by atoms with Gasteiger partial charge in [-0.2, -0.15) is 8.42 Å². The Morgan fingerprint density at radius 2 is 1.75 bits per heavy atom. The van der Waals surface area contributed by atoms with Gasteiger partial charge in [-0.1, -0.05) is 42.0 Å². The molecule has 0 radical (unpaired) electrons. The van der Waals surface area contributed by atoms with Gasteiger partial charge in [-0.25, -0.2) is 4.99 Å². The lowest BCUT2D eigenvalue weighted by atomic mass is 10.2. The van der Waals surface area contributed by atoms with Crippen molar-refractivity contribution >= 4 is 60.6 Å². The second kappa shape index (κ2) is 9.32. The topological polar surface area (TPSA) is 84.8 Å². The van der Waals surface area contributed by atoms with Crippen LogP contribution in [0.15, 0.2) is 92.1 Å². The van der Waals surface area contributed by atoms with E-state index in [4.69, 9.17) is 4.18 Å². The minimum absolute atomic E-state index is 0.0745. The molecule has 1 N–H and O–H groups in total. The van der Waals surface area contributed by atoms with Gasteiger partial charge in [0.1, 0.15) is 4.90 Å². The zero-order valence-electron chi connectivity index (χ0n) is 16.8. The molecule has 1 saturated heterocycles. The van der Waals surface area contributed by atoms with Gasteiger partial charge >= 0.3 is 10.1 Å². The van der Waals surface area contributed by atoms with Crippen LogP contribution in [0.1, 0.15) is 11.1 Å². The SMILES string of the molecule is Cc1ccc(S(=O)(=O)Oc2ccc(/C=C3\SC(=Nc4ccccc4)NC3=O)cc2Br)cc1. The number of amidine groups is 1. The summed E-state index contributed by atoms with van der Waals surface area (Å²) in [6.45, 7) is 1.88. The number of hydrogen-bond donors (Lipinski definition) is 1. The molecule has 4 rings (SSSR count). The van der Waals surface area contributed by atoms with Crippen LogP contribution in [-0.2, 0) is 14.9 Å². The van der Waals surface area contributed by atoms with Crippen LogP contribution < -0.4 is 9.50 Å². The van der Waals surface area contributed by atoms with Crippen molar-refractivity contribution in [1.29, 1.82) is 0 Å². The summed E-state index contributed by atoms with van der Waals surface area (Å²) in [4.78, 5) is 17.3. The first-order valence-electron chi connectivity index (χ1n) is 9.45. The monoisotopic (exact) mass is 528 g/mol. The molecule has 32 heavy (non-hydrogen) atoms. The minimum Gasteiger partial charge on any atom is -0.378 e. The van der Waals surface area contributed by atoms with E-state index < -0.39 is 10.1 Å². The molecule has 3 aromatic rings. The maximum Gasteiger partial charge on any atom is 0.339 e. The van der Waals surface area contributed by atoms with E-state index in [0.29, 0.717) is 20.1 Å². The Labute approximate surface area is 198 Å². The number of hydrogen-bond acceptors (Lipinski definition) is 6. The number of aryl methyl sites for hydroxylation is 1. The smallest absolute Gasteiger partial charge is 0.339 e. The molecule has 162 valence electrons. The van der Waals surface area contributed by atoms with Gasteiger partial charge in [-0.05, 0) is 82.7 Å². The molecular weight excluding hydrogens is 512 g/mol. The summed E-state index contributed by atoms with van der Waals surface area (Å²) in [5, 5.41) is 3.24. The van der Waals surface area contributed by atoms with E-state index in [1.807, 2.05) is 37.3 Å². The molecule has 0 unspecified atom stereocenters. The van der Waals surface area contributed by atoms with Gasteiger partial charge in [-0.15, -0.1) is 0 Å². The molecule has 1 aliphatic heterocycles. The number of nitrogens with zero attached hydrogens (tertiary/aromatic N) is 1.